The first kappa shape index (κ1) is 17.5. The molecule has 0 aliphatic carbocycles. The van der Waals surface area contributed by atoms with Gasteiger partial charge in [-0.2, -0.15) is 0 Å². The van der Waals surface area contributed by atoms with E-state index in [0.717, 1.165) is 12.2 Å². The van der Waals surface area contributed by atoms with E-state index in [1.54, 1.807) is 32.4 Å². The van der Waals surface area contributed by atoms with E-state index in [4.69, 9.17) is 9.47 Å². The number of hydrogen-bond acceptors (Lipinski definition) is 5. The number of methoxy groups -OCH3 is 2. The fourth-order valence-electron chi connectivity index (χ4n) is 2.90. The second-order valence-corrected chi connectivity index (χ2v) is 7.37. The summed E-state index contributed by atoms with van der Waals surface area (Å²) in [4.78, 5) is 15.9. The van der Waals surface area contributed by atoms with Crippen molar-refractivity contribution in [2.24, 2.45) is 0 Å². The Balaban J connectivity index is 1.73. The minimum absolute atomic E-state index is 0.0719. The highest BCUT2D eigenvalue weighted by Crippen LogP contribution is 2.38. The molecule has 1 aliphatic rings. The standard InChI is InChI=1S/C19H22N2O3S/c1-13-11-21(16-6-4-5-7-18(16)25-13)12-19(22)20-15-9-8-14(23-2)10-17(15)24-3/h4-10,13H,11-12H2,1-3H3,(H,20,22)/t13-/m0/s1. The molecule has 0 saturated heterocycles. The maximum atomic E-state index is 12.6. The maximum absolute atomic E-state index is 12.6. The van der Waals surface area contributed by atoms with E-state index in [1.807, 2.05) is 23.9 Å². The van der Waals surface area contributed by atoms with Gasteiger partial charge in [-0.3, -0.25) is 4.79 Å². The van der Waals surface area contributed by atoms with Gasteiger partial charge in [0.2, 0.25) is 5.91 Å². The number of carbonyl (C=O) groups excluding carboxylic acids is 1. The van der Waals surface area contributed by atoms with Crippen LogP contribution in [0.2, 0.25) is 0 Å². The molecule has 2 aromatic carbocycles. The van der Waals surface area contributed by atoms with Gasteiger partial charge in [0.05, 0.1) is 32.1 Å². The Labute approximate surface area is 152 Å². The van der Waals surface area contributed by atoms with Crippen LogP contribution in [0, 0.1) is 0 Å². The predicted octanol–water partition coefficient (Wildman–Crippen LogP) is 3.64. The summed E-state index contributed by atoms with van der Waals surface area (Å²) in [5.74, 6) is 1.19. The summed E-state index contributed by atoms with van der Waals surface area (Å²) in [5, 5.41) is 3.38. The SMILES string of the molecule is COc1ccc(NC(=O)CN2C[C@H](C)Sc3ccccc32)c(OC)c1. The van der Waals surface area contributed by atoms with E-state index in [2.05, 4.69) is 29.3 Å². The number of nitrogens with one attached hydrogen (secondary N) is 1. The van der Waals surface area contributed by atoms with Crippen molar-refractivity contribution in [3.63, 3.8) is 0 Å². The third kappa shape index (κ3) is 4.02. The molecule has 25 heavy (non-hydrogen) atoms. The van der Waals surface area contributed by atoms with Crippen LogP contribution in [-0.2, 0) is 4.79 Å². The minimum Gasteiger partial charge on any atom is -0.497 e. The highest BCUT2D eigenvalue weighted by atomic mass is 32.2. The minimum atomic E-state index is -0.0719. The molecule has 0 radical (unpaired) electrons. The first-order valence-corrected chi connectivity index (χ1v) is 9.01. The van der Waals surface area contributed by atoms with E-state index < -0.39 is 0 Å². The molecule has 132 valence electrons. The second-order valence-electron chi connectivity index (χ2n) is 5.89. The molecule has 0 spiro atoms. The highest BCUT2D eigenvalue weighted by Gasteiger charge is 2.23. The van der Waals surface area contributed by atoms with Crippen LogP contribution in [0.15, 0.2) is 47.4 Å². The lowest BCUT2D eigenvalue weighted by atomic mass is 10.2. The lowest BCUT2D eigenvalue weighted by Crippen LogP contribution is -2.39. The quantitative estimate of drug-likeness (QED) is 0.884. The molecule has 1 amide bonds. The molecule has 1 aliphatic heterocycles. The largest absolute Gasteiger partial charge is 0.497 e. The zero-order valence-electron chi connectivity index (χ0n) is 14.6. The first-order valence-electron chi connectivity index (χ1n) is 8.13. The zero-order chi connectivity index (χ0) is 17.8. The van der Waals surface area contributed by atoms with Crippen LogP contribution in [0.1, 0.15) is 6.92 Å². The lowest BCUT2D eigenvalue weighted by Gasteiger charge is -2.33. The number of carbonyl (C=O) groups is 1. The number of fused-ring (bicyclic) bond motifs is 1. The average Bonchev–Trinajstić information content (AvgIpc) is 2.61. The summed E-state index contributed by atoms with van der Waals surface area (Å²) in [6.45, 7) is 3.32. The number of nitrogens with zero attached hydrogens (tertiary/aromatic N) is 1. The van der Waals surface area contributed by atoms with Crippen molar-refractivity contribution in [3.05, 3.63) is 42.5 Å². The molecule has 5 nitrogen and oxygen atoms in total. The molecule has 6 heteroatoms. The molecule has 3 rings (SSSR count). The first-order chi connectivity index (χ1) is 12.1. The Kier molecular flexibility index (Phi) is 5.38. The summed E-state index contributed by atoms with van der Waals surface area (Å²) in [6, 6.07) is 13.6. The van der Waals surface area contributed by atoms with Crippen LogP contribution in [0.3, 0.4) is 0 Å². The monoisotopic (exact) mass is 358 g/mol. The van der Waals surface area contributed by atoms with Gasteiger partial charge >= 0.3 is 0 Å². The van der Waals surface area contributed by atoms with E-state index in [-0.39, 0.29) is 5.91 Å². The lowest BCUT2D eigenvalue weighted by molar-refractivity contribution is -0.115. The van der Waals surface area contributed by atoms with Crippen molar-refractivity contribution in [1.29, 1.82) is 0 Å². The summed E-state index contributed by atoms with van der Waals surface area (Å²) in [5.41, 5.74) is 1.75. The summed E-state index contributed by atoms with van der Waals surface area (Å²) in [6.07, 6.45) is 0. The number of amides is 1. The van der Waals surface area contributed by atoms with E-state index in [9.17, 15) is 4.79 Å². The predicted molar refractivity (Wildman–Crippen MR) is 102 cm³/mol. The van der Waals surface area contributed by atoms with Gasteiger partial charge in [0.1, 0.15) is 11.5 Å². The smallest absolute Gasteiger partial charge is 0.243 e. The number of thioether (sulfide) groups is 1. The van der Waals surface area contributed by atoms with Gasteiger partial charge in [-0.05, 0) is 24.3 Å². The molecule has 1 heterocycles. The third-order valence-corrected chi connectivity index (χ3v) is 5.18. The molecule has 0 fully saturated rings. The third-order valence-electron chi connectivity index (χ3n) is 4.03. The Hall–Kier alpha value is -2.34. The second kappa shape index (κ2) is 7.70. The zero-order valence-corrected chi connectivity index (χ0v) is 15.4. The van der Waals surface area contributed by atoms with E-state index >= 15 is 0 Å². The van der Waals surface area contributed by atoms with Crippen molar-refractivity contribution in [2.45, 2.75) is 17.1 Å². The number of para-hydroxylation sites is 1. The van der Waals surface area contributed by atoms with Crippen LogP contribution in [-0.4, -0.2) is 38.5 Å². The van der Waals surface area contributed by atoms with Crippen molar-refractivity contribution >= 4 is 29.0 Å². The number of benzene rings is 2. The molecule has 2 aromatic rings. The molecule has 0 unspecified atom stereocenters. The molecule has 1 N–H and O–H groups in total. The van der Waals surface area contributed by atoms with Gasteiger partial charge in [0.25, 0.3) is 0 Å². The van der Waals surface area contributed by atoms with Crippen molar-refractivity contribution < 1.29 is 14.3 Å². The number of anilines is 2. The van der Waals surface area contributed by atoms with Crippen LogP contribution in [0.4, 0.5) is 11.4 Å². The van der Waals surface area contributed by atoms with Crippen LogP contribution in [0.25, 0.3) is 0 Å². The van der Waals surface area contributed by atoms with Gasteiger partial charge in [0, 0.05) is 22.8 Å². The normalized spacial score (nSPS) is 16.1. The van der Waals surface area contributed by atoms with E-state index in [0.29, 0.717) is 29.0 Å². The van der Waals surface area contributed by atoms with Gasteiger partial charge in [-0.25, -0.2) is 0 Å². The maximum Gasteiger partial charge on any atom is 0.243 e. The average molecular weight is 358 g/mol. The van der Waals surface area contributed by atoms with E-state index in [1.165, 1.54) is 4.90 Å². The van der Waals surface area contributed by atoms with Crippen LogP contribution in [0.5, 0.6) is 11.5 Å². The van der Waals surface area contributed by atoms with Crippen molar-refractivity contribution in [1.82, 2.24) is 0 Å². The number of ether oxygens (including phenoxy) is 2. The summed E-state index contributed by atoms with van der Waals surface area (Å²) < 4.78 is 10.5. The molecule has 0 aromatic heterocycles. The van der Waals surface area contributed by atoms with Crippen molar-refractivity contribution in [3.8, 4) is 11.5 Å². The molecule has 0 saturated carbocycles. The Morgan fingerprint density at radius 2 is 2.04 bits per heavy atom. The van der Waals surface area contributed by atoms with Crippen molar-refractivity contribution in [2.75, 3.05) is 37.5 Å². The Bertz CT molecular complexity index is 766. The summed E-state index contributed by atoms with van der Waals surface area (Å²) in [7, 11) is 3.17. The van der Waals surface area contributed by atoms with Crippen LogP contribution < -0.4 is 19.7 Å². The number of rotatable bonds is 5. The highest BCUT2D eigenvalue weighted by molar-refractivity contribution is 8.00. The van der Waals surface area contributed by atoms with Crippen LogP contribution >= 0.6 is 11.8 Å². The number of hydrogen-bond donors (Lipinski definition) is 1. The fraction of sp³-hybridized carbons (Fsp3) is 0.316. The fourth-order valence-corrected chi connectivity index (χ4v) is 4.06. The van der Waals surface area contributed by atoms with Gasteiger partial charge in [-0.1, -0.05) is 19.1 Å². The summed E-state index contributed by atoms with van der Waals surface area (Å²) >= 11 is 1.85. The Morgan fingerprint density at radius 3 is 2.80 bits per heavy atom. The molecular weight excluding hydrogens is 336 g/mol. The van der Waals surface area contributed by atoms with Gasteiger partial charge in [0.15, 0.2) is 0 Å². The molecular formula is C19H22N2O3S. The van der Waals surface area contributed by atoms with Gasteiger partial charge in [-0.15, -0.1) is 11.8 Å². The molecule has 1 atom stereocenters. The Morgan fingerprint density at radius 1 is 1.24 bits per heavy atom. The topological polar surface area (TPSA) is 50.8 Å². The molecule has 0 bridgehead atoms. The van der Waals surface area contributed by atoms with Gasteiger partial charge < -0.3 is 19.7 Å².